The van der Waals surface area contributed by atoms with Crippen molar-refractivity contribution in [1.82, 2.24) is 0 Å². The third-order valence-electron chi connectivity index (χ3n) is 7.47. The minimum absolute atomic E-state index is 0.0175. The molecule has 0 radical (unpaired) electrons. The molecule has 32 heavy (non-hydrogen) atoms. The minimum atomic E-state index is -2.11. The number of hydrogen-bond acceptors (Lipinski definition) is 4. The zero-order valence-corrected chi connectivity index (χ0v) is 20.4. The first kappa shape index (κ1) is 22.8. The van der Waals surface area contributed by atoms with E-state index in [-0.39, 0.29) is 30.1 Å². The van der Waals surface area contributed by atoms with E-state index < -0.39 is 13.7 Å². The number of nitrogens with zero attached hydrogens (tertiary/aromatic N) is 1. The van der Waals surface area contributed by atoms with Crippen LogP contribution >= 0.6 is 0 Å². The van der Waals surface area contributed by atoms with Gasteiger partial charge in [-0.2, -0.15) is 0 Å². The van der Waals surface area contributed by atoms with Crippen LogP contribution in [0.2, 0.25) is 18.6 Å². The molecule has 0 aliphatic carbocycles. The molecule has 1 amide bonds. The number of benzene rings is 2. The van der Waals surface area contributed by atoms with Crippen molar-refractivity contribution in [2.24, 2.45) is 5.92 Å². The highest BCUT2D eigenvalue weighted by molar-refractivity contribution is 6.91. The molecule has 0 saturated carbocycles. The summed E-state index contributed by atoms with van der Waals surface area (Å²) >= 11 is 0. The summed E-state index contributed by atoms with van der Waals surface area (Å²) in [5, 5.41) is 11.2. The molecule has 4 atom stereocenters. The van der Waals surface area contributed by atoms with E-state index in [0.717, 1.165) is 17.0 Å². The highest BCUT2D eigenvalue weighted by Crippen LogP contribution is 2.59. The first-order valence-corrected chi connectivity index (χ1v) is 14.4. The Morgan fingerprint density at radius 2 is 1.91 bits per heavy atom. The Morgan fingerprint density at radius 1 is 1.22 bits per heavy atom. The van der Waals surface area contributed by atoms with Crippen LogP contribution in [0.25, 0.3) is 0 Å². The van der Waals surface area contributed by atoms with Crippen LogP contribution in [-0.2, 0) is 15.1 Å². The zero-order valence-electron chi connectivity index (χ0n) is 19.4. The Bertz CT molecular complexity index is 1010. The molecular weight excluding hydrogens is 418 g/mol. The first-order valence-electron chi connectivity index (χ1n) is 11.3. The van der Waals surface area contributed by atoms with Gasteiger partial charge >= 0.3 is 0 Å². The number of anilines is 1. The monoisotopic (exact) mass is 451 g/mol. The van der Waals surface area contributed by atoms with E-state index in [1.54, 1.807) is 18.1 Å². The summed E-state index contributed by atoms with van der Waals surface area (Å²) in [6.07, 6.45) is 2.08. The Hall–Kier alpha value is -2.41. The highest BCUT2D eigenvalue weighted by Gasteiger charge is 2.65. The van der Waals surface area contributed by atoms with Gasteiger partial charge in [-0.15, -0.1) is 6.58 Å². The molecular formula is C26H33NO4Si. The number of para-hydroxylation sites is 1. The van der Waals surface area contributed by atoms with E-state index in [1.165, 1.54) is 5.19 Å². The number of aliphatic hydroxyl groups excluding tert-OH is 1. The molecule has 1 fully saturated rings. The van der Waals surface area contributed by atoms with Gasteiger partial charge in [0.25, 0.3) is 5.91 Å². The second kappa shape index (κ2) is 8.50. The lowest BCUT2D eigenvalue weighted by molar-refractivity contribution is -0.146. The van der Waals surface area contributed by atoms with Crippen molar-refractivity contribution in [3.8, 4) is 5.75 Å². The fraction of sp³-hybridized carbons (Fsp3) is 0.423. The summed E-state index contributed by atoms with van der Waals surface area (Å²) in [5.74, 6) is 0.778. The van der Waals surface area contributed by atoms with Crippen LogP contribution in [0.3, 0.4) is 0 Å². The van der Waals surface area contributed by atoms with Gasteiger partial charge in [0, 0.05) is 24.6 Å². The van der Waals surface area contributed by atoms with E-state index in [4.69, 9.17) is 9.47 Å². The number of hydrogen-bond donors (Lipinski definition) is 1. The standard InChI is InChI=1S/C26H33NO4Si/c1-6-16-27-22-10-8-7-9-21(22)26(25(27)29)18(2)24(23(31-26)15-17-28)32(4,5)20-13-11-19(30-3)12-14-20/h6-14,18,23-24,28H,1,15-17H2,2-5H3/t18-,23+,24-,26+/m1/s1. The molecule has 2 aliphatic rings. The molecule has 170 valence electrons. The molecule has 0 bridgehead atoms. The van der Waals surface area contributed by atoms with Crippen molar-refractivity contribution in [2.75, 3.05) is 25.2 Å². The van der Waals surface area contributed by atoms with E-state index in [1.807, 2.05) is 36.4 Å². The van der Waals surface area contributed by atoms with Crippen LogP contribution < -0.4 is 14.8 Å². The number of amides is 1. The smallest absolute Gasteiger partial charge is 0.264 e. The maximum atomic E-state index is 13.9. The molecule has 0 unspecified atom stereocenters. The third-order valence-corrected chi connectivity index (χ3v) is 11.8. The van der Waals surface area contributed by atoms with Crippen molar-refractivity contribution >= 4 is 24.9 Å². The molecule has 2 heterocycles. The SMILES string of the molecule is C=CCN1C(=O)[C@@]2(O[C@@H](CCO)[C@H]([Si](C)(C)c3ccc(OC)cc3)[C@H]2C)c2ccccc21. The van der Waals surface area contributed by atoms with Crippen molar-refractivity contribution in [2.45, 2.75) is 43.7 Å². The normalized spacial score (nSPS) is 27.1. The van der Waals surface area contributed by atoms with Gasteiger partial charge in [0.1, 0.15) is 5.75 Å². The fourth-order valence-electron chi connectivity index (χ4n) is 5.98. The number of aliphatic hydroxyl groups is 1. The molecule has 1 saturated heterocycles. The molecule has 1 spiro atoms. The zero-order chi connectivity index (χ0) is 23.1. The van der Waals surface area contributed by atoms with Crippen molar-refractivity contribution in [3.05, 3.63) is 66.7 Å². The number of ether oxygens (including phenoxy) is 2. The maximum Gasteiger partial charge on any atom is 0.264 e. The van der Waals surface area contributed by atoms with Crippen molar-refractivity contribution in [3.63, 3.8) is 0 Å². The average molecular weight is 452 g/mol. The number of carbonyl (C=O) groups is 1. The first-order chi connectivity index (χ1) is 15.3. The van der Waals surface area contributed by atoms with Gasteiger partial charge in [0.15, 0.2) is 5.60 Å². The Morgan fingerprint density at radius 3 is 2.53 bits per heavy atom. The van der Waals surface area contributed by atoms with Crippen molar-refractivity contribution < 1.29 is 19.4 Å². The third kappa shape index (κ3) is 3.24. The lowest BCUT2D eigenvalue weighted by atomic mass is 9.82. The van der Waals surface area contributed by atoms with Crippen LogP contribution in [0, 0.1) is 5.92 Å². The lowest BCUT2D eigenvalue weighted by Gasteiger charge is -2.37. The number of rotatable bonds is 7. The second-order valence-corrected chi connectivity index (χ2v) is 14.1. The maximum absolute atomic E-state index is 13.9. The molecule has 2 aliphatic heterocycles. The van der Waals surface area contributed by atoms with Crippen molar-refractivity contribution in [1.29, 1.82) is 0 Å². The van der Waals surface area contributed by atoms with Gasteiger partial charge in [-0.3, -0.25) is 4.79 Å². The van der Waals surface area contributed by atoms with Gasteiger partial charge < -0.3 is 19.5 Å². The molecule has 2 aromatic carbocycles. The Kier molecular flexibility index (Phi) is 6.05. The van der Waals surface area contributed by atoms with Gasteiger partial charge in [-0.1, -0.05) is 61.6 Å². The van der Waals surface area contributed by atoms with Crippen LogP contribution in [0.4, 0.5) is 5.69 Å². The second-order valence-electron chi connectivity index (χ2n) is 9.39. The number of methoxy groups -OCH3 is 1. The van der Waals surface area contributed by atoms with Gasteiger partial charge in [0.2, 0.25) is 0 Å². The number of carbonyl (C=O) groups excluding carboxylic acids is 1. The van der Waals surface area contributed by atoms with Crippen LogP contribution in [-0.4, -0.2) is 45.5 Å². The fourth-order valence-corrected chi connectivity index (χ4v) is 10.0. The number of fused-ring (bicyclic) bond motifs is 2. The minimum Gasteiger partial charge on any atom is -0.497 e. The Labute approximate surface area is 191 Å². The van der Waals surface area contributed by atoms with Crippen LogP contribution in [0.5, 0.6) is 5.75 Å². The molecule has 2 aromatic rings. The summed E-state index contributed by atoms with van der Waals surface area (Å²) in [6, 6.07) is 16.2. The quantitative estimate of drug-likeness (QED) is 0.514. The van der Waals surface area contributed by atoms with Gasteiger partial charge in [0.05, 0.1) is 27.0 Å². The van der Waals surface area contributed by atoms with Crippen LogP contribution in [0.1, 0.15) is 18.9 Å². The largest absolute Gasteiger partial charge is 0.497 e. The van der Waals surface area contributed by atoms with Crippen LogP contribution in [0.15, 0.2) is 61.2 Å². The molecule has 1 N–H and O–H groups in total. The summed E-state index contributed by atoms with van der Waals surface area (Å²) in [6.45, 7) is 11.2. The summed E-state index contributed by atoms with van der Waals surface area (Å²) in [4.78, 5) is 15.7. The average Bonchev–Trinajstić information content (AvgIpc) is 3.22. The van der Waals surface area contributed by atoms with E-state index >= 15 is 0 Å². The molecule has 5 nitrogen and oxygen atoms in total. The molecule has 0 aromatic heterocycles. The summed E-state index contributed by atoms with van der Waals surface area (Å²) < 4.78 is 12.1. The van der Waals surface area contributed by atoms with E-state index in [9.17, 15) is 9.90 Å². The van der Waals surface area contributed by atoms with Gasteiger partial charge in [-0.25, -0.2) is 0 Å². The van der Waals surface area contributed by atoms with Gasteiger partial charge in [-0.05, 0) is 30.2 Å². The molecule has 6 heteroatoms. The molecule has 4 rings (SSSR count). The predicted octanol–water partition coefficient (Wildman–Crippen LogP) is 3.83. The highest BCUT2D eigenvalue weighted by atomic mass is 28.3. The summed E-state index contributed by atoms with van der Waals surface area (Å²) in [5.41, 5.74) is 0.963. The summed E-state index contributed by atoms with van der Waals surface area (Å²) in [7, 11) is -0.443. The lowest BCUT2D eigenvalue weighted by Crippen LogP contribution is -2.51. The topological polar surface area (TPSA) is 59.0 Å². The van der Waals surface area contributed by atoms with E-state index in [2.05, 4.69) is 38.7 Å². The van der Waals surface area contributed by atoms with E-state index in [0.29, 0.717) is 13.0 Å². The predicted molar refractivity (Wildman–Crippen MR) is 130 cm³/mol. The Balaban J connectivity index is 1.82.